The van der Waals surface area contributed by atoms with E-state index in [2.05, 4.69) is 17.1 Å². The lowest BCUT2D eigenvalue weighted by atomic mass is 10.1. The van der Waals surface area contributed by atoms with Gasteiger partial charge in [0.05, 0.1) is 0 Å². The molecule has 1 unspecified atom stereocenters. The summed E-state index contributed by atoms with van der Waals surface area (Å²) in [7, 11) is 0. The molecular formula is C20H18FN3O2. The lowest BCUT2D eigenvalue weighted by Gasteiger charge is -2.15. The van der Waals surface area contributed by atoms with Crippen molar-refractivity contribution in [1.82, 2.24) is 10.1 Å². The summed E-state index contributed by atoms with van der Waals surface area (Å²) in [5.41, 5.74) is 2.64. The van der Waals surface area contributed by atoms with E-state index < -0.39 is 0 Å². The van der Waals surface area contributed by atoms with Gasteiger partial charge >= 0.3 is 0 Å². The first-order valence-corrected chi connectivity index (χ1v) is 8.63. The Labute approximate surface area is 150 Å². The number of amides is 1. The third-order valence-electron chi connectivity index (χ3n) is 4.66. The number of hydrogen-bond acceptors (Lipinski definition) is 4. The van der Waals surface area contributed by atoms with Crippen LogP contribution in [0.25, 0.3) is 11.5 Å². The van der Waals surface area contributed by atoms with Crippen LogP contribution in [0.4, 0.5) is 10.1 Å². The Morgan fingerprint density at radius 1 is 1.23 bits per heavy atom. The molecule has 0 bridgehead atoms. The zero-order chi connectivity index (χ0) is 18.1. The number of carbonyl (C=O) groups is 1. The van der Waals surface area contributed by atoms with Crippen molar-refractivity contribution in [2.24, 2.45) is 0 Å². The molecule has 0 spiro atoms. The fourth-order valence-corrected chi connectivity index (χ4v) is 3.18. The smallest absolute Gasteiger partial charge is 0.257 e. The van der Waals surface area contributed by atoms with Crippen molar-refractivity contribution >= 4 is 11.6 Å². The van der Waals surface area contributed by atoms with Gasteiger partial charge in [0.2, 0.25) is 5.91 Å². The summed E-state index contributed by atoms with van der Waals surface area (Å²) in [5.74, 6) is 0.347. The third-order valence-corrected chi connectivity index (χ3v) is 4.66. The number of halogens is 1. The summed E-state index contributed by atoms with van der Waals surface area (Å²) in [4.78, 5) is 18.4. The number of benzene rings is 2. The Hall–Kier alpha value is -3.02. The Bertz CT molecular complexity index is 936. The highest BCUT2D eigenvalue weighted by atomic mass is 19.1. The Morgan fingerprint density at radius 2 is 2.04 bits per heavy atom. The van der Waals surface area contributed by atoms with Crippen LogP contribution in [0.5, 0.6) is 0 Å². The van der Waals surface area contributed by atoms with Crippen LogP contribution in [0.3, 0.4) is 0 Å². The maximum Gasteiger partial charge on any atom is 0.257 e. The molecule has 0 aliphatic carbocycles. The second-order valence-corrected chi connectivity index (χ2v) is 6.39. The minimum Gasteiger partial charge on any atom is -0.334 e. The summed E-state index contributed by atoms with van der Waals surface area (Å²) in [6, 6.07) is 14.0. The average Bonchev–Trinajstić information content (AvgIpc) is 3.29. The van der Waals surface area contributed by atoms with Crippen molar-refractivity contribution in [1.29, 1.82) is 0 Å². The number of anilines is 1. The van der Waals surface area contributed by atoms with Crippen LogP contribution in [0, 0.1) is 5.82 Å². The zero-order valence-electron chi connectivity index (χ0n) is 14.4. The van der Waals surface area contributed by atoms with E-state index in [9.17, 15) is 9.18 Å². The molecule has 0 N–H and O–H groups in total. The minimum absolute atomic E-state index is 0.0701. The Kier molecular flexibility index (Phi) is 4.24. The van der Waals surface area contributed by atoms with Crippen molar-refractivity contribution in [3.63, 3.8) is 0 Å². The summed E-state index contributed by atoms with van der Waals surface area (Å²) in [5, 5.41) is 4.06. The maximum atomic E-state index is 13.4. The van der Waals surface area contributed by atoms with Crippen molar-refractivity contribution in [2.75, 3.05) is 11.4 Å². The van der Waals surface area contributed by atoms with Gasteiger partial charge in [-0.2, -0.15) is 4.98 Å². The first-order chi connectivity index (χ1) is 12.6. The van der Waals surface area contributed by atoms with Gasteiger partial charge in [0.15, 0.2) is 5.82 Å². The molecular weight excluding hydrogens is 333 g/mol. The predicted octanol–water partition coefficient (Wildman–Crippen LogP) is 3.96. The molecule has 4 rings (SSSR count). The molecule has 1 aliphatic heterocycles. The molecule has 1 saturated heterocycles. The second kappa shape index (κ2) is 6.71. The van der Waals surface area contributed by atoms with E-state index >= 15 is 0 Å². The van der Waals surface area contributed by atoms with Crippen LogP contribution in [-0.4, -0.2) is 22.6 Å². The highest BCUT2D eigenvalue weighted by molar-refractivity contribution is 5.96. The standard InChI is InChI=1S/C20H18FN3O2/c1-2-13-6-8-14(9-7-13)20-22-19(23-26-20)15-10-18(25)24(12-15)17-5-3-4-16(21)11-17/h3-9,11,15H,2,10,12H2,1H3. The molecule has 2 aromatic carbocycles. The van der Waals surface area contributed by atoms with E-state index in [1.54, 1.807) is 17.0 Å². The topological polar surface area (TPSA) is 59.2 Å². The molecule has 26 heavy (non-hydrogen) atoms. The van der Waals surface area contributed by atoms with Crippen molar-refractivity contribution in [3.8, 4) is 11.5 Å². The number of aromatic nitrogens is 2. The Morgan fingerprint density at radius 3 is 2.77 bits per heavy atom. The highest BCUT2D eigenvalue weighted by Gasteiger charge is 2.34. The van der Waals surface area contributed by atoms with Gasteiger partial charge in [-0.3, -0.25) is 4.79 Å². The number of nitrogens with zero attached hydrogens (tertiary/aromatic N) is 3. The van der Waals surface area contributed by atoms with E-state index in [4.69, 9.17) is 4.52 Å². The van der Waals surface area contributed by atoms with E-state index in [1.807, 2.05) is 24.3 Å². The molecule has 1 amide bonds. The quantitative estimate of drug-likeness (QED) is 0.714. The highest BCUT2D eigenvalue weighted by Crippen LogP contribution is 2.31. The summed E-state index contributed by atoms with van der Waals surface area (Å²) in [6.45, 7) is 2.51. The molecule has 1 atom stereocenters. The summed E-state index contributed by atoms with van der Waals surface area (Å²) >= 11 is 0. The lowest BCUT2D eigenvalue weighted by Crippen LogP contribution is -2.24. The van der Waals surface area contributed by atoms with E-state index in [1.165, 1.54) is 17.7 Å². The zero-order valence-corrected chi connectivity index (χ0v) is 14.4. The van der Waals surface area contributed by atoms with E-state index in [0.29, 0.717) is 23.9 Å². The van der Waals surface area contributed by atoms with Crippen molar-refractivity contribution < 1.29 is 13.7 Å². The normalized spacial score (nSPS) is 17.1. The van der Waals surface area contributed by atoms with E-state index in [0.717, 1.165) is 12.0 Å². The summed E-state index contributed by atoms with van der Waals surface area (Å²) in [6.07, 6.45) is 1.25. The van der Waals surface area contributed by atoms with Crippen LogP contribution >= 0.6 is 0 Å². The van der Waals surface area contributed by atoms with Gasteiger partial charge in [-0.25, -0.2) is 4.39 Å². The fraction of sp³-hybridized carbons (Fsp3) is 0.250. The van der Waals surface area contributed by atoms with Crippen molar-refractivity contribution in [3.05, 3.63) is 65.7 Å². The number of carbonyl (C=O) groups excluding carboxylic acids is 1. The van der Waals surface area contributed by atoms with Gasteiger partial charge in [0.25, 0.3) is 5.89 Å². The van der Waals surface area contributed by atoms with Gasteiger partial charge in [0.1, 0.15) is 5.82 Å². The molecule has 3 aromatic rings. The average molecular weight is 351 g/mol. The molecule has 2 heterocycles. The molecule has 6 heteroatoms. The third kappa shape index (κ3) is 3.10. The molecule has 0 radical (unpaired) electrons. The predicted molar refractivity (Wildman–Crippen MR) is 95.2 cm³/mol. The molecule has 5 nitrogen and oxygen atoms in total. The van der Waals surface area contributed by atoms with E-state index in [-0.39, 0.29) is 24.1 Å². The largest absolute Gasteiger partial charge is 0.334 e. The second-order valence-electron chi connectivity index (χ2n) is 6.39. The number of hydrogen-bond donors (Lipinski definition) is 0. The van der Waals surface area contributed by atoms with Gasteiger partial charge in [0, 0.05) is 30.1 Å². The van der Waals surface area contributed by atoms with Gasteiger partial charge < -0.3 is 9.42 Å². The number of aryl methyl sites for hydroxylation is 1. The summed E-state index contributed by atoms with van der Waals surface area (Å²) < 4.78 is 18.8. The van der Waals surface area contributed by atoms with Crippen LogP contribution in [-0.2, 0) is 11.2 Å². The first kappa shape index (κ1) is 16.4. The Balaban J connectivity index is 1.53. The van der Waals surface area contributed by atoms with Crippen LogP contribution < -0.4 is 4.90 Å². The van der Waals surface area contributed by atoms with Crippen LogP contribution in [0.1, 0.15) is 30.7 Å². The molecule has 0 saturated carbocycles. The van der Waals surface area contributed by atoms with Crippen LogP contribution in [0.15, 0.2) is 53.1 Å². The van der Waals surface area contributed by atoms with Gasteiger partial charge in [-0.1, -0.05) is 30.3 Å². The van der Waals surface area contributed by atoms with Crippen LogP contribution in [0.2, 0.25) is 0 Å². The monoisotopic (exact) mass is 351 g/mol. The SMILES string of the molecule is CCc1ccc(-c2nc(C3CC(=O)N(c4cccc(F)c4)C3)no2)cc1. The van der Waals surface area contributed by atoms with Gasteiger partial charge in [-0.05, 0) is 42.3 Å². The van der Waals surface area contributed by atoms with Gasteiger partial charge in [-0.15, -0.1) is 0 Å². The number of rotatable bonds is 4. The maximum absolute atomic E-state index is 13.4. The lowest BCUT2D eigenvalue weighted by molar-refractivity contribution is -0.117. The first-order valence-electron chi connectivity index (χ1n) is 8.63. The molecule has 132 valence electrons. The van der Waals surface area contributed by atoms with Crippen molar-refractivity contribution in [2.45, 2.75) is 25.7 Å². The molecule has 1 aliphatic rings. The minimum atomic E-state index is -0.365. The fourth-order valence-electron chi connectivity index (χ4n) is 3.18. The molecule has 1 aromatic heterocycles. The molecule has 1 fully saturated rings.